The Hall–Kier alpha value is -1.55. The van der Waals surface area contributed by atoms with Gasteiger partial charge in [-0.25, -0.2) is 4.98 Å². The first kappa shape index (κ1) is 21.7. The Bertz CT molecular complexity index is 1000. The number of hydrogen-bond acceptors (Lipinski definition) is 6. The van der Waals surface area contributed by atoms with Crippen LogP contribution in [0.1, 0.15) is 19.3 Å². The van der Waals surface area contributed by atoms with Crippen molar-refractivity contribution in [2.75, 3.05) is 6.54 Å². The van der Waals surface area contributed by atoms with Gasteiger partial charge in [-0.3, -0.25) is 14.2 Å². The van der Waals surface area contributed by atoms with Gasteiger partial charge < -0.3 is 14.8 Å². The Balaban J connectivity index is 0.00000131. The van der Waals surface area contributed by atoms with Crippen molar-refractivity contribution in [1.29, 1.82) is 0 Å². The minimum Gasteiger partial charge on any atom is -0.448 e. The monoisotopic (exact) mass is 501 g/mol. The van der Waals surface area contributed by atoms with Gasteiger partial charge in [0.05, 0.1) is 19.0 Å². The molecule has 0 saturated carbocycles. The second kappa shape index (κ2) is 9.09. The summed E-state index contributed by atoms with van der Waals surface area (Å²) in [7, 11) is 0. The van der Waals surface area contributed by atoms with Crippen molar-refractivity contribution in [3.05, 3.63) is 40.9 Å². The van der Waals surface area contributed by atoms with Crippen LogP contribution in [-0.4, -0.2) is 39.1 Å². The first-order chi connectivity index (χ1) is 12.1. The van der Waals surface area contributed by atoms with Gasteiger partial charge in [0.25, 0.3) is 5.56 Å². The number of Topliss-reactive ketones (excluding diaryl/α,β-unsaturated/α-hetero) is 1. The van der Waals surface area contributed by atoms with Gasteiger partial charge in [0.1, 0.15) is 11.1 Å². The molecule has 1 saturated heterocycles. The SMILES string of the molecule is Br.Br.O=C(C[C@@H]1NCCC[C@H]1O)Cn1cnc2c(oc3ccccc32)c1=O. The lowest BCUT2D eigenvalue weighted by molar-refractivity contribution is -0.121. The molecule has 0 radical (unpaired) electrons. The normalized spacial score (nSPS) is 19.4. The summed E-state index contributed by atoms with van der Waals surface area (Å²) < 4.78 is 6.88. The van der Waals surface area contributed by atoms with Gasteiger partial charge in [0.15, 0.2) is 5.78 Å². The van der Waals surface area contributed by atoms with E-state index in [1.54, 1.807) is 6.07 Å². The van der Waals surface area contributed by atoms with Crippen molar-refractivity contribution < 1.29 is 14.3 Å². The van der Waals surface area contributed by atoms with E-state index in [9.17, 15) is 14.7 Å². The maximum Gasteiger partial charge on any atom is 0.297 e. The number of halogens is 2. The molecule has 0 aliphatic carbocycles. The molecule has 3 aromatic rings. The fourth-order valence-electron chi connectivity index (χ4n) is 3.37. The molecule has 2 N–H and O–H groups in total. The third kappa shape index (κ3) is 4.31. The largest absolute Gasteiger partial charge is 0.448 e. The highest BCUT2D eigenvalue weighted by atomic mass is 79.9. The number of ketones is 1. The molecule has 1 aliphatic heterocycles. The Morgan fingerprint density at radius 1 is 1.33 bits per heavy atom. The number of para-hydroxylation sites is 1. The summed E-state index contributed by atoms with van der Waals surface area (Å²) in [5.74, 6) is -0.127. The maximum atomic E-state index is 12.6. The average molecular weight is 503 g/mol. The second-order valence-electron chi connectivity index (χ2n) is 6.47. The second-order valence-corrected chi connectivity index (χ2v) is 6.47. The molecule has 2 atom stereocenters. The van der Waals surface area contributed by atoms with Gasteiger partial charge in [-0.15, -0.1) is 34.0 Å². The summed E-state index contributed by atoms with van der Waals surface area (Å²) in [5, 5.41) is 13.9. The van der Waals surface area contributed by atoms with E-state index < -0.39 is 6.10 Å². The van der Waals surface area contributed by atoms with E-state index in [2.05, 4.69) is 10.3 Å². The van der Waals surface area contributed by atoms with E-state index in [1.165, 1.54) is 10.9 Å². The zero-order valence-electron chi connectivity index (χ0n) is 14.5. The van der Waals surface area contributed by atoms with Gasteiger partial charge in [-0.05, 0) is 31.5 Å². The van der Waals surface area contributed by atoms with E-state index >= 15 is 0 Å². The van der Waals surface area contributed by atoms with Crippen molar-refractivity contribution in [3.8, 4) is 0 Å². The molecule has 1 aromatic carbocycles. The molecule has 0 spiro atoms. The molecule has 4 rings (SSSR count). The lowest BCUT2D eigenvalue weighted by atomic mass is 9.97. The number of aliphatic hydroxyl groups excluding tert-OH is 1. The van der Waals surface area contributed by atoms with Gasteiger partial charge in [0.2, 0.25) is 5.58 Å². The van der Waals surface area contributed by atoms with Gasteiger partial charge in [-0.1, -0.05) is 12.1 Å². The topological polar surface area (TPSA) is 97.4 Å². The van der Waals surface area contributed by atoms with Crippen LogP contribution in [-0.2, 0) is 11.3 Å². The van der Waals surface area contributed by atoms with E-state index in [1.807, 2.05) is 18.2 Å². The Labute approximate surface area is 176 Å². The van der Waals surface area contributed by atoms with Crippen LogP contribution in [0, 0.1) is 0 Å². The lowest BCUT2D eigenvalue weighted by Crippen LogP contribution is -2.46. The molecule has 27 heavy (non-hydrogen) atoms. The van der Waals surface area contributed by atoms with Crippen LogP contribution in [0.25, 0.3) is 22.1 Å². The number of aromatic nitrogens is 2. The van der Waals surface area contributed by atoms with Crippen LogP contribution in [0.2, 0.25) is 0 Å². The summed E-state index contributed by atoms with van der Waals surface area (Å²) in [5.41, 5.74) is 0.897. The summed E-state index contributed by atoms with van der Waals surface area (Å²) in [6.45, 7) is 0.713. The average Bonchev–Trinajstić information content (AvgIpc) is 2.99. The van der Waals surface area contributed by atoms with Crippen LogP contribution in [0.3, 0.4) is 0 Å². The Morgan fingerprint density at radius 3 is 2.89 bits per heavy atom. The van der Waals surface area contributed by atoms with Gasteiger partial charge in [0, 0.05) is 17.8 Å². The maximum absolute atomic E-state index is 12.6. The number of benzene rings is 1. The van der Waals surface area contributed by atoms with Crippen LogP contribution in [0.4, 0.5) is 0 Å². The lowest BCUT2D eigenvalue weighted by Gasteiger charge is -2.28. The molecule has 0 unspecified atom stereocenters. The number of carbonyl (C=O) groups is 1. The number of furan rings is 1. The van der Waals surface area contributed by atoms with E-state index in [4.69, 9.17) is 4.42 Å². The minimum absolute atomic E-state index is 0. The standard InChI is InChI=1S/C18H19N3O4.2BrH/c22-11(8-13-14(23)5-3-7-19-13)9-21-10-20-16-12-4-1-2-6-15(12)25-17(16)18(21)24;;/h1-2,4,6,10,13-14,19,23H,3,5,7-9H2;2*1H/t13-,14+;;/m0../s1. The quantitative estimate of drug-likeness (QED) is 0.568. The number of nitrogens with one attached hydrogen (secondary N) is 1. The molecule has 0 amide bonds. The number of fused-ring (bicyclic) bond motifs is 3. The molecule has 7 nitrogen and oxygen atoms in total. The fourth-order valence-corrected chi connectivity index (χ4v) is 3.37. The summed E-state index contributed by atoms with van der Waals surface area (Å²) >= 11 is 0. The van der Waals surface area contributed by atoms with Gasteiger partial charge in [-0.2, -0.15) is 0 Å². The highest BCUT2D eigenvalue weighted by Gasteiger charge is 2.25. The molecular formula is C18H21Br2N3O4. The predicted octanol–water partition coefficient (Wildman–Crippen LogP) is 2.37. The fraction of sp³-hybridized carbons (Fsp3) is 0.389. The number of nitrogens with zero attached hydrogens (tertiary/aromatic N) is 2. The van der Waals surface area contributed by atoms with Crippen LogP contribution >= 0.6 is 34.0 Å². The third-order valence-corrected chi connectivity index (χ3v) is 4.69. The van der Waals surface area contributed by atoms with E-state index in [0.717, 1.165) is 18.4 Å². The Morgan fingerprint density at radius 2 is 2.11 bits per heavy atom. The summed E-state index contributed by atoms with van der Waals surface area (Å²) in [4.78, 5) is 29.2. The molecule has 9 heteroatoms. The van der Waals surface area contributed by atoms with Crippen molar-refractivity contribution in [2.45, 2.75) is 38.0 Å². The molecule has 0 bridgehead atoms. The van der Waals surface area contributed by atoms with Crippen molar-refractivity contribution in [2.24, 2.45) is 0 Å². The highest BCUT2D eigenvalue weighted by Crippen LogP contribution is 2.24. The summed E-state index contributed by atoms with van der Waals surface area (Å²) in [6, 6.07) is 7.06. The molecule has 3 heterocycles. The van der Waals surface area contributed by atoms with Crippen LogP contribution < -0.4 is 10.9 Å². The zero-order chi connectivity index (χ0) is 17.4. The van der Waals surface area contributed by atoms with E-state index in [-0.39, 0.29) is 69.9 Å². The molecular weight excluding hydrogens is 482 g/mol. The molecule has 146 valence electrons. The van der Waals surface area contributed by atoms with Crippen molar-refractivity contribution >= 4 is 61.8 Å². The summed E-state index contributed by atoms with van der Waals surface area (Å²) in [6.07, 6.45) is 2.64. The Kier molecular flexibility index (Phi) is 7.32. The first-order valence-electron chi connectivity index (χ1n) is 8.43. The minimum atomic E-state index is -0.523. The third-order valence-electron chi connectivity index (χ3n) is 4.69. The van der Waals surface area contributed by atoms with Gasteiger partial charge >= 0.3 is 0 Å². The number of aliphatic hydroxyl groups is 1. The molecule has 2 aromatic heterocycles. The number of hydrogen-bond donors (Lipinski definition) is 2. The van der Waals surface area contributed by atoms with Crippen molar-refractivity contribution in [3.63, 3.8) is 0 Å². The smallest absolute Gasteiger partial charge is 0.297 e. The first-order valence-corrected chi connectivity index (χ1v) is 8.43. The van der Waals surface area contributed by atoms with Crippen LogP contribution in [0.15, 0.2) is 39.8 Å². The zero-order valence-corrected chi connectivity index (χ0v) is 17.9. The van der Waals surface area contributed by atoms with Crippen molar-refractivity contribution in [1.82, 2.24) is 14.9 Å². The van der Waals surface area contributed by atoms with Crippen LogP contribution in [0.5, 0.6) is 0 Å². The molecule has 1 fully saturated rings. The highest BCUT2D eigenvalue weighted by molar-refractivity contribution is 8.93. The molecule has 1 aliphatic rings. The van der Waals surface area contributed by atoms with E-state index in [0.29, 0.717) is 17.5 Å². The predicted molar refractivity (Wildman–Crippen MR) is 113 cm³/mol. The number of piperidine rings is 1. The number of rotatable bonds is 4. The number of carbonyl (C=O) groups excluding carboxylic acids is 1.